The maximum atomic E-state index is 5.86. The molecule has 98 valence electrons. The van der Waals surface area contributed by atoms with Gasteiger partial charge in [0.05, 0.1) is 23.8 Å². The fraction of sp³-hybridized carbons (Fsp3) is 0.167. The van der Waals surface area contributed by atoms with Crippen LogP contribution in [0.5, 0.6) is 5.75 Å². The highest BCUT2D eigenvalue weighted by atomic mass is 32.2. The number of fused-ring (bicyclic) bond motifs is 1. The van der Waals surface area contributed by atoms with Crippen molar-refractivity contribution in [1.82, 2.24) is 19.7 Å². The van der Waals surface area contributed by atoms with Crippen molar-refractivity contribution >= 4 is 28.5 Å². The normalized spacial score (nSPS) is 11.1. The number of methoxy groups -OCH3 is 1. The van der Waals surface area contributed by atoms with Gasteiger partial charge < -0.3 is 15.5 Å². The van der Waals surface area contributed by atoms with E-state index in [1.54, 1.807) is 18.0 Å². The van der Waals surface area contributed by atoms with E-state index in [0.29, 0.717) is 5.69 Å². The maximum absolute atomic E-state index is 5.86. The largest absolute Gasteiger partial charge is 0.497 e. The van der Waals surface area contributed by atoms with Crippen LogP contribution >= 0.6 is 11.8 Å². The number of benzene rings is 1. The summed E-state index contributed by atoms with van der Waals surface area (Å²) in [7, 11) is 3.48. The number of aromatic nitrogens is 4. The number of imidazole rings is 1. The number of nitrogens with one attached hydrogen (secondary N) is 1. The molecule has 2 heterocycles. The van der Waals surface area contributed by atoms with Crippen LogP contribution in [0.15, 0.2) is 34.6 Å². The van der Waals surface area contributed by atoms with Gasteiger partial charge in [-0.15, -0.1) is 0 Å². The van der Waals surface area contributed by atoms with Crippen LogP contribution in [-0.4, -0.2) is 26.9 Å². The number of nitrogens with zero attached hydrogens (tertiary/aromatic N) is 3. The number of aryl methyl sites for hydroxylation is 1. The highest BCUT2D eigenvalue weighted by Crippen LogP contribution is 2.30. The summed E-state index contributed by atoms with van der Waals surface area (Å²) in [6.45, 7) is 0. The first-order valence-corrected chi connectivity index (χ1v) is 6.48. The summed E-state index contributed by atoms with van der Waals surface area (Å²) in [4.78, 5) is 7.70. The first-order valence-electron chi connectivity index (χ1n) is 5.66. The van der Waals surface area contributed by atoms with Gasteiger partial charge in [-0.1, -0.05) is 0 Å². The highest BCUT2D eigenvalue weighted by Gasteiger charge is 2.10. The monoisotopic (exact) mass is 275 g/mol. The smallest absolute Gasteiger partial charge is 0.172 e. The number of ether oxygens (including phenoxy) is 1. The molecule has 0 fully saturated rings. The van der Waals surface area contributed by atoms with Crippen molar-refractivity contribution in [2.45, 2.75) is 10.2 Å². The second-order valence-corrected chi connectivity index (χ2v) is 5.07. The van der Waals surface area contributed by atoms with Crippen LogP contribution in [0.25, 0.3) is 11.0 Å². The van der Waals surface area contributed by atoms with Gasteiger partial charge >= 0.3 is 0 Å². The Balaban J connectivity index is 1.95. The van der Waals surface area contributed by atoms with Crippen LogP contribution in [0.3, 0.4) is 0 Å². The summed E-state index contributed by atoms with van der Waals surface area (Å²) < 4.78 is 6.87. The lowest BCUT2D eigenvalue weighted by Gasteiger charge is -1.96. The van der Waals surface area contributed by atoms with Crippen LogP contribution < -0.4 is 10.5 Å². The van der Waals surface area contributed by atoms with E-state index in [4.69, 9.17) is 10.5 Å². The van der Waals surface area contributed by atoms with E-state index >= 15 is 0 Å². The van der Waals surface area contributed by atoms with Crippen molar-refractivity contribution in [2.75, 3.05) is 12.8 Å². The number of rotatable bonds is 3. The van der Waals surface area contributed by atoms with E-state index < -0.39 is 0 Å². The molecule has 3 N–H and O–H groups in total. The number of anilines is 1. The van der Waals surface area contributed by atoms with Gasteiger partial charge in [-0.3, -0.25) is 4.68 Å². The highest BCUT2D eigenvalue weighted by molar-refractivity contribution is 7.99. The minimum absolute atomic E-state index is 0.644. The van der Waals surface area contributed by atoms with Gasteiger partial charge in [0.1, 0.15) is 10.8 Å². The summed E-state index contributed by atoms with van der Waals surface area (Å²) in [5, 5.41) is 5.78. The van der Waals surface area contributed by atoms with Gasteiger partial charge in [0.15, 0.2) is 5.16 Å². The second-order valence-electron chi connectivity index (χ2n) is 4.09. The Morgan fingerprint density at radius 2 is 2.26 bits per heavy atom. The molecule has 0 unspecified atom stereocenters. The molecule has 3 rings (SSSR count). The number of nitrogens with two attached hydrogens (primary N) is 1. The lowest BCUT2D eigenvalue weighted by atomic mass is 10.3. The third-order valence-electron chi connectivity index (χ3n) is 2.68. The zero-order chi connectivity index (χ0) is 13.4. The molecule has 2 aromatic heterocycles. The molecule has 0 bridgehead atoms. The van der Waals surface area contributed by atoms with Crippen LogP contribution in [0, 0.1) is 0 Å². The summed E-state index contributed by atoms with van der Waals surface area (Å²) in [6.07, 6.45) is 1.77. The van der Waals surface area contributed by atoms with Gasteiger partial charge in [-0.25, -0.2) is 4.98 Å². The molecule has 0 spiro atoms. The quantitative estimate of drug-likeness (QED) is 0.764. The zero-order valence-corrected chi connectivity index (χ0v) is 11.4. The van der Waals surface area contributed by atoms with E-state index in [0.717, 1.165) is 27.0 Å². The molecular formula is C12H13N5OS. The number of hydrogen-bond acceptors (Lipinski definition) is 5. The van der Waals surface area contributed by atoms with Gasteiger partial charge in [0, 0.05) is 19.3 Å². The molecule has 0 saturated heterocycles. The van der Waals surface area contributed by atoms with Crippen LogP contribution in [0.2, 0.25) is 0 Å². The van der Waals surface area contributed by atoms with Crippen LogP contribution in [-0.2, 0) is 7.05 Å². The van der Waals surface area contributed by atoms with Crippen LogP contribution in [0.4, 0.5) is 5.69 Å². The Morgan fingerprint density at radius 1 is 1.42 bits per heavy atom. The van der Waals surface area contributed by atoms with E-state index in [-0.39, 0.29) is 0 Å². The molecule has 0 radical (unpaired) electrons. The Kier molecular flexibility index (Phi) is 2.83. The number of nitrogen functional groups attached to an aromatic ring is 1. The molecule has 0 aliphatic heterocycles. The predicted molar refractivity (Wildman–Crippen MR) is 74.4 cm³/mol. The van der Waals surface area contributed by atoms with Crippen LogP contribution in [0.1, 0.15) is 0 Å². The Morgan fingerprint density at radius 3 is 2.95 bits per heavy atom. The van der Waals surface area contributed by atoms with E-state index in [1.165, 1.54) is 11.8 Å². The van der Waals surface area contributed by atoms with Crippen molar-refractivity contribution in [3.8, 4) is 5.75 Å². The lowest BCUT2D eigenvalue weighted by Crippen LogP contribution is -1.87. The molecular weight excluding hydrogens is 262 g/mol. The van der Waals surface area contributed by atoms with Crippen molar-refractivity contribution in [1.29, 1.82) is 0 Å². The molecule has 3 aromatic rings. The summed E-state index contributed by atoms with van der Waals surface area (Å²) in [5.41, 5.74) is 8.32. The predicted octanol–water partition coefficient (Wildman–Crippen LogP) is 2.04. The molecule has 1 aromatic carbocycles. The SMILES string of the molecule is COc1ccc2nc(Sc3nn(C)cc3N)[nH]c2c1. The van der Waals surface area contributed by atoms with Crippen molar-refractivity contribution < 1.29 is 4.74 Å². The minimum Gasteiger partial charge on any atom is -0.497 e. The van der Waals surface area contributed by atoms with Crippen molar-refractivity contribution in [3.05, 3.63) is 24.4 Å². The number of hydrogen-bond donors (Lipinski definition) is 2. The fourth-order valence-electron chi connectivity index (χ4n) is 1.80. The Bertz CT molecular complexity index is 733. The maximum Gasteiger partial charge on any atom is 0.172 e. The average molecular weight is 275 g/mol. The Hall–Kier alpha value is -2.15. The molecule has 6 nitrogen and oxygen atoms in total. The zero-order valence-electron chi connectivity index (χ0n) is 10.5. The number of aromatic amines is 1. The van der Waals surface area contributed by atoms with Gasteiger partial charge in [0.2, 0.25) is 0 Å². The second kappa shape index (κ2) is 4.51. The minimum atomic E-state index is 0.644. The molecule has 19 heavy (non-hydrogen) atoms. The summed E-state index contributed by atoms with van der Waals surface area (Å²) >= 11 is 1.41. The van der Waals surface area contributed by atoms with Gasteiger partial charge in [0.25, 0.3) is 0 Å². The van der Waals surface area contributed by atoms with Gasteiger partial charge in [-0.05, 0) is 23.9 Å². The summed E-state index contributed by atoms with van der Waals surface area (Å²) in [6, 6.07) is 5.71. The number of H-pyrrole nitrogens is 1. The third kappa shape index (κ3) is 2.24. The first kappa shape index (κ1) is 11.9. The van der Waals surface area contributed by atoms with Crippen molar-refractivity contribution in [2.24, 2.45) is 7.05 Å². The Labute approximate surface area is 114 Å². The topological polar surface area (TPSA) is 81.8 Å². The summed E-state index contributed by atoms with van der Waals surface area (Å²) in [5.74, 6) is 0.796. The lowest BCUT2D eigenvalue weighted by molar-refractivity contribution is 0.415. The van der Waals surface area contributed by atoms with Gasteiger partial charge in [-0.2, -0.15) is 5.10 Å². The molecule has 0 amide bonds. The first-order chi connectivity index (χ1) is 9.15. The van der Waals surface area contributed by atoms with E-state index in [1.807, 2.05) is 25.2 Å². The molecule has 0 aliphatic rings. The third-order valence-corrected chi connectivity index (χ3v) is 3.58. The molecule has 0 atom stereocenters. The van der Waals surface area contributed by atoms with Crippen molar-refractivity contribution in [3.63, 3.8) is 0 Å². The molecule has 0 aliphatic carbocycles. The molecule has 7 heteroatoms. The fourth-order valence-corrected chi connectivity index (χ4v) is 2.63. The average Bonchev–Trinajstić information content (AvgIpc) is 2.91. The standard InChI is InChI=1S/C12H13N5OS/c1-17-6-8(13)11(16-17)19-12-14-9-4-3-7(18-2)5-10(9)15-12/h3-6H,13H2,1-2H3,(H,14,15). The van der Waals surface area contributed by atoms with E-state index in [2.05, 4.69) is 15.1 Å². The molecule has 0 saturated carbocycles. The van der Waals surface area contributed by atoms with E-state index in [9.17, 15) is 0 Å².